The Bertz CT molecular complexity index is 643. The van der Waals surface area contributed by atoms with E-state index in [-0.39, 0.29) is 17.0 Å². The van der Waals surface area contributed by atoms with E-state index in [9.17, 15) is 18.0 Å². The molecule has 1 aromatic rings. The van der Waals surface area contributed by atoms with Crippen LogP contribution in [-0.2, 0) is 14.6 Å². The molecular formula is C12H16N2O6S. The van der Waals surface area contributed by atoms with Crippen molar-refractivity contribution in [2.45, 2.75) is 24.3 Å². The highest BCUT2D eigenvalue weighted by molar-refractivity contribution is 7.90. The molecule has 0 saturated carbocycles. The number of sulfone groups is 1. The predicted octanol–water partition coefficient (Wildman–Crippen LogP) is 0.905. The molecule has 0 saturated heterocycles. The van der Waals surface area contributed by atoms with Crippen LogP contribution in [-0.4, -0.2) is 41.9 Å². The average molecular weight is 316 g/mol. The molecule has 1 aromatic heterocycles. The van der Waals surface area contributed by atoms with Crippen molar-refractivity contribution in [3.8, 4) is 0 Å². The van der Waals surface area contributed by atoms with Crippen LogP contribution < -0.4 is 5.32 Å². The van der Waals surface area contributed by atoms with Crippen molar-refractivity contribution in [3.05, 3.63) is 24.0 Å². The van der Waals surface area contributed by atoms with Gasteiger partial charge in [0.05, 0.1) is 22.5 Å². The largest absolute Gasteiger partial charge is 0.481 e. The molecule has 0 aromatic carbocycles. The first-order valence-electron chi connectivity index (χ1n) is 6.05. The number of carbonyl (C=O) groups is 2. The Hall–Kier alpha value is -2.16. The monoisotopic (exact) mass is 316 g/mol. The highest BCUT2D eigenvalue weighted by atomic mass is 32.2. The number of nitrogens with one attached hydrogen (secondary N) is 1. The third-order valence-electron chi connectivity index (χ3n) is 2.94. The van der Waals surface area contributed by atoms with Crippen molar-refractivity contribution in [2.24, 2.45) is 5.92 Å². The van der Waals surface area contributed by atoms with Crippen LogP contribution in [0.5, 0.6) is 0 Å². The minimum Gasteiger partial charge on any atom is -0.481 e. The Labute approximate surface area is 121 Å². The van der Waals surface area contributed by atoms with E-state index in [2.05, 4.69) is 10.3 Å². The first-order valence-corrected chi connectivity index (χ1v) is 7.94. The van der Waals surface area contributed by atoms with Crippen LogP contribution in [0.25, 0.3) is 0 Å². The number of carboxylic acids is 1. The maximum Gasteiger partial charge on any atom is 0.405 e. The lowest BCUT2D eigenvalue weighted by Crippen LogP contribution is -2.36. The molecule has 1 amide bonds. The summed E-state index contributed by atoms with van der Waals surface area (Å²) in [5.74, 6) is -2.24. The first kappa shape index (κ1) is 16.9. The number of amides is 1. The fourth-order valence-electron chi connectivity index (χ4n) is 1.90. The molecule has 21 heavy (non-hydrogen) atoms. The zero-order chi connectivity index (χ0) is 16.2. The van der Waals surface area contributed by atoms with E-state index in [0.29, 0.717) is 0 Å². The van der Waals surface area contributed by atoms with Gasteiger partial charge in [-0.1, -0.05) is 6.92 Å². The maximum absolute atomic E-state index is 11.5. The Balaban J connectivity index is 3.32. The normalized spacial score (nSPS) is 14.2. The van der Waals surface area contributed by atoms with Gasteiger partial charge in [0.1, 0.15) is 0 Å². The first-order chi connectivity index (χ1) is 9.66. The van der Waals surface area contributed by atoms with E-state index in [0.717, 1.165) is 6.26 Å². The van der Waals surface area contributed by atoms with Crippen LogP contribution in [0.2, 0.25) is 0 Å². The summed E-state index contributed by atoms with van der Waals surface area (Å²) in [6.45, 7) is 1.59. The molecule has 8 nitrogen and oxygen atoms in total. The Kier molecular flexibility index (Phi) is 5.25. The smallest absolute Gasteiger partial charge is 0.405 e. The Morgan fingerprint density at radius 2 is 2.00 bits per heavy atom. The second kappa shape index (κ2) is 6.53. The molecular weight excluding hydrogens is 300 g/mol. The van der Waals surface area contributed by atoms with Crippen molar-refractivity contribution in [2.75, 3.05) is 6.26 Å². The van der Waals surface area contributed by atoms with Crippen LogP contribution in [0.1, 0.15) is 25.1 Å². The molecule has 0 aliphatic heterocycles. The van der Waals surface area contributed by atoms with Gasteiger partial charge < -0.3 is 15.5 Å². The van der Waals surface area contributed by atoms with Gasteiger partial charge in [-0.25, -0.2) is 13.2 Å². The summed E-state index contributed by atoms with van der Waals surface area (Å²) >= 11 is 0. The lowest BCUT2D eigenvalue weighted by molar-refractivity contribution is -0.142. The lowest BCUT2D eigenvalue weighted by Gasteiger charge is -2.22. The summed E-state index contributed by atoms with van der Waals surface area (Å²) in [4.78, 5) is 25.9. The van der Waals surface area contributed by atoms with Gasteiger partial charge in [0.15, 0.2) is 9.84 Å². The number of hydrogen-bond donors (Lipinski definition) is 3. The van der Waals surface area contributed by atoms with Gasteiger partial charge in [-0.05, 0) is 18.6 Å². The second-order valence-corrected chi connectivity index (χ2v) is 6.48. The summed E-state index contributed by atoms with van der Waals surface area (Å²) in [5, 5.41) is 20.1. The molecule has 1 rings (SSSR count). The minimum atomic E-state index is -3.50. The van der Waals surface area contributed by atoms with E-state index in [1.165, 1.54) is 18.3 Å². The molecule has 2 atom stereocenters. The number of rotatable bonds is 6. The zero-order valence-corrected chi connectivity index (χ0v) is 12.3. The summed E-state index contributed by atoms with van der Waals surface area (Å²) in [6.07, 6.45) is 0.952. The van der Waals surface area contributed by atoms with Crippen molar-refractivity contribution >= 4 is 21.9 Å². The van der Waals surface area contributed by atoms with Gasteiger partial charge in [-0.15, -0.1) is 0 Å². The van der Waals surface area contributed by atoms with Crippen molar-refractivity contribution < 1.29 is 28.2 Å². The van der Waals surface area contributed by atoms with E-state index < -0.39 is 33.9 Å². The number of pyridine rings is 1. The molecule has 0 aliphatic rings. The van der Waals surface area contributed by atoms with Crippen molar-refractivity contribution in [1.29, 1.82) is 0 Å². The molecule has 0 spiro atoms. The Morgan fingerprint density at radius 1 is 1.38 bits per heavy atom. The lowest BCUT2D eigenvalue weighted by atomic mass is 9.94. The number of aromatic nitrogens is 1. The van der Waals surface area contributed by atoms with Gasteiger partial charge in [-0.2, -0.15) is 0 Å². The van der Waals surface area contributed by atoms with Crippen molar-refractivity contribution in [1.82, 2.24) is 10.3 Å². The van der Waals surface area contributed by atoms with E-state index in [1.807, 2.05) is 0 Å². The van der Waals surface area contributed by atoms with Crippen LogP contribution >= 0.6 is 0 Å². The zero-order valence-electron chi connectivity index (χ0n) is 11.5. The molecule has 0 aliphatic carbocycles. The summed E-state index contributed by atoms with van der Waals surface area (Å²) in [6, 6.07) is 1.31. The standard InChI is InChI=1S/C12H16N2O6S/c1-3-8(11(15)16)10(14-12(17)18)9-6-7(4-5-13-9)21(2,19)20/h4-6,8,10,14H,3H2,1-2H3,(H,15,16)(H,17,18). The van der Waals surface area contributed by atoms with Gasteiger partial charge in [-0.3, -0.25) is 9.78 Å². The average Bonchev–Trinajstić information content (AvgIpc) is 2.36. The van der Waals surface area contributed by atoms with E-state index in [1.54, 1.807) is 6.92 Å². The minimum absolute atomic E-state index is 0.0505. The summed E-state index contributed by atoms with van der Waals surface area (Å²) in [5.41, 5.74) is 0.0505. The fraction of sp³-hybridized carbons (Fsp3) is 0.417. The fourth-order valence-corrected chi connectivity index (χ4v) is 2.54. The number of aliphatic carboxylic acids is 1. The van der Waals surface area contributed by atoms with Crippen LogP contribution in [0.3, 0.4) is 0 Å². The predicted molar refractivity (Wildman–Crippen MR) is 72.7 cm³/mol. The SMILES string of the molecule is CCC(C(=O)O)C(NC(=O)O)c1cc(S(C)(=O)=O)ccn1. The number of hydrogen-bond acceptors (Lipinski definition) is 5. The van der Waals surface area contributed by atoms with Crippen LogP contribution in [0, 0.1) is 5.92 Å². The van der Waals surface area contributed by atoms with Crippen LogP contribution in [0.4, 0.5) is 4.79 Å². The number of nitrogens with zero attached hydrogens (tertiary/aromatic N) is 1. The van der Waals surface area contributed by atoms with Gasteiger partial charge in [0.2, 0.25) is 0 Å². The third-order valence-corrected chi connectivity index (χ3v) is 4.05. The maximum atomic E-state index is 11.5. The van der Waals surface area contributed by atoms with E-state index in [4.69, 9.17) is 10.2 Å². The summed E-state index contributed by atoms with van der Waals surface area (Å²) < 4.78 is 23.0. The molecule has 9 heteroatoms. The van der Waals surface area contributed by atoms with Gasteiger partial charge in [0, 0.05) is 12.5 Å². The Morgan fingerprint density at radius 3 is 2.43 bits per heavy atom. The molecule has 3 N–H and O–H groups in total. The highest BCUT2D eigenvalue weighted by Crippen LogP contribution is 2.25. The van der Waals surface area contributed by atoms with Gasteiger partial charge >= 0.3 is 12.1 Å². The van der Waals surface area contributed by atoms with Gasteiger partial charge in [0.25, 0.3) is 0 Å². The third kappa shape index (κ3) is 4.42. The molecule has 0 fully saturated rings. The quantitative estimate of drug-likeness (QED) is 0.710. The van der Waals surface area contributed by atoms with E-state index >= 15 is 0 Å². The molecule has 0 radical (unpaired) electrons. The molecule has 1 heterocycles. The topological polar surface area (TPSA) is 134 Å². The van der Waals surface area contributed by atoms with Crippen molar-refractivity contribution in [3.63, 3.8) is 0 Å². The second-order valence-electron chi connectivity index (χ2n) is 4.47. The molecule has 2 unspecified atom stereocenters. The molecule has 0 bridgehead atoms. The van der Waals surface area contributed by atoms with Crippen LogP contribution in [0.15, 0.2) is 23.2 Å². The number of carboxylic acid groups (broad SMARTS) is 2. The summed E-state index contributed by atoms with van der Waals surface area (Å²) in [7, 11) is -3.50. The molecule has 116 valence electrons. The highest BCUT2D eigenvalue weighted by Gasteiger charge is 2.31.